The van der Waals surface area contributed by atoms with Crippen molar-refractivity contribution >= 4 is 38.1 Å². The minimum Gasteiger partial charge on any atom is -0.283 e. The molecule has 0 bridgehead atoms. The molecule has 0 atom stereocenters. The molecule has 0 aliphatic rings. The monoisotopic (exact) mass is 331 g/mol. The number of rotatable bonds is 4. The molecule has 0 spiro atoms. The lowest BCUT2D eigenvalue weighted by Crippen LogP contribution is -2.14. The molecule has 0 radical (unpaired) electrons. The van der Waals surface area contributed by atoms with Gasteiger partial charge in [0.05, 0.1) is 5.75 Å². The van der Waals surface area contributed by atoms with Crippen molar-refractivity contribution < 1.29 is 8.42 Å². The first kappa shape index (κ1) is 14.9. The van der Waals surface area contributed by atoms with E-state index in [1.807, 2.05) is 36.4 Å². The highest BCUT2D eigenvalue weighted by molar-refractivity contribution is 7.91. The van der Waals surface area contributed by atoms with Gasteiger partial charge in [-0.15, -0.1) is 0 Å². The second kappa shape index (κ2) is 5.99. The third-order valence-electron chi connectivity index (χ3n) is 3.29. The van der Waals surface area contributed by atoms with E-state index in [1.165, 1.54) is 0 Å². The van der Waals surface area contributed by atoms with E-state index in [4.69, 9.17) is 11.6 Å². The van der Waals surface area contributed by atoms with E-state index in [2.05, 4.69) is 4.72 Å². The van der Waals surface area contributed by atoms with Crippen LogP contribution in [0.3, 0.4) is 0 Å². The average molecular weight is 332 g/mol. The van der Waals surface area contributed by atoms with Crippen molar-refractivity contribution in [3.05, 3.63) is 77.3 Å². The number of sulfonamides is 1. The van der Waals surface area contributed by atoms with E-state index in [0.717, 1.165) is 10.8 Å². The highest BCUT2D eigenvalue weighted by atomic mass is 35.5. The van der Waals surface area contributed by atoms with Gasteiger partial charge in [-0.25, -0.2) is 8.42 Å². The summed E-state index contributed by atoms with van der Waals surface area (Å²) in [6.45, 7) is 0. The molecule has 0 unspecified atom stereocenters. The molecule has 0 heterocycles. The van der Waals surface area contributed by atoms with Crippen molar-refractivity contribution in [3.63, 3.8) is 0 Å². The third kappa shape index (κ3) is 3.59. The maximum absolute atomic E-state index is 12.2. The van der Waals surface area contributed by atoms with E-state index >= 15 is 0 Å². The lowest BCUT2D eigenvalue weighted by atomic mass is 10.1. The predicted octanol–water partition coefficient (Wildman–Crippen LogP) is 4.44. The molecule has 3 aromatic rings. The molecule has 3 nitrogen and oxygen atoms in total. The molecule has 1 N–H and O–H groups in total. The Labute approximate surface area is 134 Å². The van der Waals surface area contributed by atoms with Crippen LogP contribution >= 0.6 is 11.6 Å². The smallest absolute Gasteiger partial charge is 0.236 e. The molecule has 112 valence electrons. The molecule has 3 aromatic carbocycles. The lowest BCUT2D eigenvalue weighted by molar-refractivity contribution is 0.600. The predicted molar refractivity (Wildman–Crippen MR) is 91.6 cm³/mol. The third-order valence-corrected chi connectivity index (χ3v) is 4.80. The van der Waals surface area contributed by atoms with Crippen molar-refractivity contribution in [2.75, 3.05) is 4.72 Å². The van der Waals surface area contributed by atoms with Gasteiger partial charge >= 0.3 is 0 Å². The number of benzene rings is 3. The van der Waals surface area contributed by atoms with E-state index < -0.39 is 10.0 Å². The Kier molecular flexibility index (Phi) is 4.05. The van der Waals surface area contributed by atoms with E-state index in [0.29, 0.717) is 16.3 Å². The minimum atomic E-state index is -3.46. The molecule has 22 heavy (non-hydrogen) atoms. The number of fused-ring (bicyclic) bond motifs is 1. The lowest BCUT2D eigenvalue weighted by Gasteiger charge is -2.09. The topological polar surface area (TPSA) is 46.2 Å². The zero-order valence-corrected chi connectivity index (χ0v) is 13.2. The summed E-state index contributed by atoms with van der Waals surface area (Å²) >= 11 is 5.80. The molecular formula is C17H14ClNO2S. The van der Waals surface area contributed by atoms with Gasteiger partial charge in [0.1, 0.15) is 0 Å². The molecule has 0 fully saturated rings. The zero-order chi connectivity index (χ0) is 15.6. The highest BCUT2D eigenvalue weighted by Gasteiger charge is 2.12. The summed E-state index contributed by atoms with van der Waals surface area (Å²) in [6.07, 6.45) is 0. The van der Waals surface area contributed by atoms with Crippen LogP contribution in [0.1, 0.15) is 5.56 Å². The van der Waals surface area contributed by atoms with Crippen LogP contribution in [0.4, 0.5) is 5.69 Å². The molecule has 5 heteroatoms. The zero-order valence-electron chi connectivity index (χ0n) is 11.7. The van der Waals surface area contributed by atoms with Gasteiger partial charge < -0.3 is 0 Å². The fourth-order valence-corrected chi connectivity index (χ4v) is 3.58. The largest absolute Gasteiger partial charge is 0.283 e. The molecule has 0 saturated carbocycles. The summed E-state index contributed by atoms with van der Waals surface area (Å²) in [4.78, 5) is 0. The molecule has 0 saturated heterocycles. The van der Waals surface area contributed by atoms with Gasteiger partial charge in [0.15, 0.2) is 0 Å². The Morgan fingerprint density at radius 3 is 2.27 bits per heavy atom. The summed E-state index contributed by atoms with van der Waals surface area (Å²) in [7, 11) is -3.46. The Balaban J connectivity index is 1.81. The van der Waals surface area contributed by atoms with Gasteiger partial charge in [-0.1, -0.05) is 54.1 Å². The SMILES string of the molecule is O=S(=O)(Cc1ccc(Cl)cc1)Nc1ccc2ccccc2c1. The Bertz CT molecular complexity index is 905. The standard InChI is InChI=1S/C17H14ClNO2S/c18-16-8-5-13(6-9-16)12-22(20,21)19-17-10-7-14-3-1-2-4-15(14)11-17/h1-11,19H,12H2. The van der Waals surface area contributed by atoms with Crippen molar-refractivity contribution in [2.24, 2.45) is 0 Å². The molecule has 0 aliphatic carbocycles. The van der Waals surface area contributed by atoms with Crippen LogP contribution in [0.2, 0.25) is 5.02 Å². The average Bonchev–Trinajstić information content (AvgIpc) is 2.49. The number of hydrogen-bond donors (Lipinski definition) is 1. The van der Waals surface area contributed by atoms with Crippen LogP contribution in [-0.4, -0.2) is 8.42 Å². The van der Waals surface area contributed by atoms with Crippen LogP contribution in [0, 0.1) is 0 Å². The first-order chi connectivity index (χ1) is 10.5. The second-order valence-corrected chi connectivity index (χ2v) is 7.21. The number of anilines is 1. The normalized spacial score (nSPS) is 11.5. The molecule has 0 amide bonds. The first-order valence-electron chi connectivity index (χ1n) is 6.76. The van der Waals surface area contributed by atoms with E-state index in [9.17, 15) is 8.42 Å². The summed E-state index contributed by atoms with van der Waals surface area (Å²) < 4.78 is 27.1. The van der Waals surface area contributed by atoms with Crippen LogP contribution < -0.4 is 4.72 Å². The number of nitrogens with one attached hydrogen (secondary N) is 1. The summed E-state index contributed by atoms with van der Waals surface area (Å²) in [6, 6.07) is 20.1. The van der Waals surface area contributed by atoms with E-state index in [-0.39, 0.29) is 5.75 Å². The van der Waals surface area contributed by atoms with Gasteiger partial charge in [-0.05, 0) is 40.6 Å². The van der Waals surface area contributed by atoms with Crippen LogP contribution in [0.25, 0.3) is 10.8 Å². The number of halogens is 1. The summed E-state index contributed by atoms with van der Waals surface area (Å²) in [5.41, 5.74) is 1.25. The minimum absolute atomic E-state index is 0.0863. The van der Waals surface area contributed by atoms with Gasteiger partial charge in [-0.2, -0.15) is 0 Å². The van der Waals surface area contributed by atoms with Crippen molar-refractivity contribution in [3.8, 4) is 0 Å². The fraction of sp³-hybridized carbons (Fsp3) is 0.0588. The maximum atomic E-state index is 12.2. The van der Waals surface area contributed by atoms with E-state index in [1.54, 1.807) is 30.3 Å². The van der Waals surface area contributed by atoms with Crippen LogP contribution in [-0.2, 0) is 15.8 Å². The van der Waals surface area contributed by atoms with Gasteiger partial charge in [0.2, 0.25) is 10.0 Å². The molecule has 0 aliphatic heterocycles. The van der Waals surface area contributed by atoms with Crippen molar-refractivity contribution in [1.82, 2.24) is 0 Å². The second-order valence-electron chi connectivity index (χ2n) is 5.05. The van der Waals surface area contributed by atoms with Gasteiger partial charge in [0.25, 0.3) is 0 Å². The van der Waals surface area contributed by atoms with Crippen molar-refractivity contribution in [2.45, 2.75) is 5.75 Å². The summed E-state index contributed by atoms with van der Waals surface area (Å²) in [5, 5.41) is 2.65. The van der Waals surface area contributed by atoms with Crippen LogP contribution in [0.5, 0.6) is 0 Å². The quantitative estimate of drug-likeness (QED) is 0.768. The maximum Gasteiger partial charge on any atom is 0.236 e. The molecule has 0 aromatic heterocycles. The van der Waals surface area contributed by atoms with Crippen LogP contribution in [0.15, 0.2) is 66.7 Å². The Hall–Kier alpha value is -2.04. The van der Waals surface area contributed by atoms with Gasteiger partial charge in [0, 0.05) is 10.7 Å². The first-order valence-corrected chi connectivity index (χ1v) is 8.79. The Morgan fingerprint density at radius 2 is 1.55 bits per heavy atom. The molecular weight excluding hydrogens is 318 g/mol. The summed E-state index contributed by atoms with van der Waals surface area (Å²) in [5.74, 6) is -0.0863. The van der Waals surface area contributed by atoms with Gasteiger partial charge in [-0.3, -0.25) is 4.72 Å². The number of hydrogen-bond acceptors (Lipinski definition) is 2. The fourth-order valence-electron chi connectivity index (χ4n) is 2.27. The Morgan fingerprint density at radius 1 is 0.864 bits per heavy atom. The molecule has 3 rings (SSSR count). The van der Waals surface area contributed by atoms with Crippen molar-refractivity contribution in [1.29, 1.82) is 0 Å². The highest BCUT2D eigenvalue weighted by Crippen LogP contribution is 2.20.